The Morgan fingerprint density at radius 1 is 1.15 bits per heavy atom. The normalized spacial score (nSPS) is 21.3. The Balaban J connectivity index is 1.67. The monoisotopic (exact) mass is 484 g/mol. The zero-order valence-electron chi connectivity index (χ0n) is 17.9. The van der Waals surface area contributed by atoms with Crippen molar-refractivity contribution in [3.8, 4) is 11.4 Å². The summed E-state index contributed by atoms with van der Waals surface area (Å²) in [5, 5.41) is 14.5. The molecule has 2 aliphatic rings. The zero-order chi connectivity index (χ0) is 24.4. The first-order valence-electron chi connectivity index (χ1n) is 10.6. The van der Waals surface area contributed by atoms with E-state index in [1.165, 1.54) is 0 Å². The molecule has 2 saturated heterocycles. The highest BCUT2D eigenvalue weighted by molar-refractivity contribution is 5.87. The summed E-state index contributed by atoms with van der Waals surface area (Å²) in [5.74, 6) is -5.38. The van der Waals surface area contributed by atoms with Gasteiger partial charge >= 0.3 is 6.18 Å². The second kappa shape index (κ2) is 8.07. The van der Waals surface area contributed by atoms with Crippen molar-refractivity contribution in [1.29, 1.82) is 0 Å². The second-order valence-electron chi connectivity index (χ2n) is 8.39. The molecule has 34 heavy (non-hydrogen) atoms. The number of phenolic OH excluding ortho intramolecular Hbond substituents is 1. The maximum absolute atomic E-state index is 14.8. The van der Waals surface area contributed by atoms with E-state index in [0.29, 0.717) is 24.3 Å². The number of benzene rings is 2. The van der Waals surface area contributed by atoms with Crippen molar-refractivity contribution in [2.75, 3.05) is 25.2 Å². The highest BCUT2D eigenvalue weighted by Crippen LogP contribution is 2.42. The summed E-state index contributed by atoms with van der Waals surface area (Å²) in [7, 11) is 1.92. The summed E-state index contributed by atoms with van der Waals surface area (Å²) in [6.45, 7) is 1.28. The number of ether oxygens (including phenoxy) is 2. The van der Waals surface area contributed by atoms with Gasteiger partial charge < -0.3 is 25.2 Å². The predicted molar refractivity (Wildman–Crippen MR) is 112 cm³/mol. The molecular formula is C22H21F5N4O3. The van der Waals surface area contributed by atoms with Gasteiger partial charge in [0.05, 0.1) is 11.1 Å². The van der Waals surface area contributed by atoms with Crippen LogP contribution in [0.4, 0.5) is 27.6 Å². The number of nitrogens with two attached hydrogens (primary N) is 1. The van der Waals surface area contributed by atoms with E-state index in [1.807, 2.05) is 7.05 Å². The van der Waals surface area contributed by atoms with Crippen molar-refractivity contribution >= 4 is 16.6 Å². The van der Waals surface area contributed by atoms with Crippen molar-refractivity contribution < 1.29 is 36.5 Å². The third-order valence-electron chi connectivity index (χ3n) is 6.32. The fourth-order valence-electron chi connectivity index (χ4n) is 4.34. The first-order chi connectivity index (χ1) is 16.1. The molecule has 0 amide bonds. The molecule has 1 aromatic heterocycles. The quantitative estimate of drug-likeness (QED) is 0.430. The van der Waals surface area contributed by atoms with E-state index in [1.54, 1.807) is 18.2 Å². The first kappa shape index (κ1) is 22.8. The average Bonchev–Trinajstić information content (AvgIpc) is 3.42. The van der Waals surface area contributed by atoms with Crippen LogP contribution in [0.25, 0.3) is 16.6 Å². The van der Waals surface area contributed by atoms with Gasteiger partial charge in [-0.3, -0.25) is 0 Å². The van der Waals surface area contributed by atoms with Crippen LogP contribution in [0.5, 0.6) is 5.75 Å². The molecule has 3 aromatic rings. The molecular weight excluding hydrogens is 463 g/mol. The largest absolute Gasteiger partial charge is 0.503 e. The van der Waals surface area contributed by atoms with Crippen molar-refractivity contribution in [2.45, 2.75) is 37.4 Å². The minimum atomic E-state index is -5.16. The van der Waals surface area contributed by atoms with Gasteiger partial charge in [-0.1, -0.05) is 0 Å². The molecule has 0 bridgehead atoms. The third-order valence-corrected chi connectivity index (χ3v) is 6.32. The van der Waals surface area contributed by atoms with Gasteiger partial charge in [0.25, 0.3) is 0 Å². The number of hydrogen-bond donors (Lipinski definition) is 2. The number of hydrogen-bond acceptors (Lipinski definition) is 6. The summed E-state index contributed by atoms with van der Waals surface area (Å²) in [6.07, 6.45) is -4.79. The van der Waals surface area contributed by atoms with E-state index in [-0.39, 0.29) is 17.6 Å². The molecule has 12 heteroatoms. The molecule has 3 heterocycles. The highest BCUT2D eigenvalue weighted by Gasteiger charge is 2.42. The number of rotatable bonds is 4. The number of alkyl halides is 3. The van der Waals surface area contributed by atoms with Crippen LogP contribution in [0, 0.1) is 11.6 Å². The Kier molecular flexibility index (Phi) is 5.41. The Morgan fingerprint density at radius 3 is 2.44 bits per heavy atom. The molecule has 0 spiro atoms. The number of epoxide rings is 1. The van der Waals surface area contributed by atoms with Crippen molar-refractivity contribution in [2.24, 2.45) is 5.73 Å². The highest BCUT2D eigenvalue weighted by atomic mass is 19.4. The fourth-order valence-corrected chi connectivity index (χ4v) is 4.34. The van der Waals surface area contributed by atoms with Gasteiger partial charge in [-0.05, 0) is 37.1 Å². The maximum Gasteiger partial charge on any atom is 0.419 e. The van der Waals surface area contributed by atoms with Crippen LogP contribution in [0.15, 0.2) is 24.3 Å². The van der Waals surface area contributed by atoms with Crippen molar-refractivity contribution in [1.82, 2.24) is 9.78 Å². The van der Waals surface area contributed by atoms with Gasteiger partial charge in [0.1, 0.15) is 23.7 Å². The molecule has 7 nitrogen and oxygen atoms in total. The van der Waals surface area contributed by atoms with Crippen molar-refractivity contribution in [3.05, 3.63) is 47.2 Å². The second-order valence-corrected chi connectivity index (χ2v) is 8.39. The van der Waals surface area contributed by atoms with Crippen LogP contribution in [-0.2, 0) is 15.7 Å². The number of phenols is 1. The molecule has 2 fully saturated rings. The van der Waals surface area contributed by atoms with Gasteiger partial charge in [0.2, 0.25) is 0 Å². The Labute approximate surface area is 190 Å². The standard InChI is InChI=1S/C22H21F5N4O3/c1-30(10-4-6-33-7-5-10)11-2-3-14-12(8-11)18(20-21(28)34-20)29-31(14)15-9-13(22(25,26)27)16(23)19(32)17(15)24/h2-3,8-10,20-21,32H,4-7,28H2,1H3. The van der Waals surface area contributed by atoms with E-state index in [0.717, 1.165) is 23.2 Å². The number of aromatic hydroxyl groups is 1. The number of halogens is 5. The lowest BCUT2D eigenvalue weighted by atomic mass is 10.1. The van der Waals surface area contributed by atoms with E-state index in [4.69, 9.17) is 15.2 Å². The van der Waals surface area contributed by atoms with Crippen LogP contribution < -0.4 is 10.6 Å². The van der Waals surface area contributed by atoms with Crippen LogP contribution in [0.3, 0.4) is 0 Å². The molecule has 182 valence electrons. The van der Waals surface area contributed by atoms with Crippen molar-refractivity contribution in [3.63, 3.8) is 0 Å². The summed E-state index contributed by atoms with van der Waals surface area (Å²) in [4.78, 5) is 2.07. The first-order valence-corrected chi connectivity index (χ1v) is 10.6. The molecule has 3 N–H and O–H groups in total. The Morgan fingerprint density at radius 2 is 1.82 bits per heavy atom. The third kappa shape index (κ3) is 3.75. The van der Waals surface area contributed by atoms with Crippen LogP contribution in [-0.4, -0.2) is 47.4 Å². The number of nitrogens with zero attached hydrogens (tertiary/aromatic N) is 3. The van der Waals surface area contributed by atoms with E-state index in [2.05, 4.69) is 10.00 Å². The Bertz CT molecular complexity index is 1260. The summed E-state index contributed by atoms with van der Waals surface area (Å²) in [5.41, 5.74) is 4.62. The molecule has 2 aromatic carbocycles. The van der Waals surface area contributed by atoms with Gasteiger partial charge in [0.15, 0.2) is 17.4 Å². The predicted octanol–water partition coefficient (Wildman–Crippen LogP) is 4.00. The lowest BCUT2D eigenvalue weighted by molar-refractivity contribution is -0.140. The summed E-state index contributed by atoms with van der Waals surface area (Å²) >= 11 is 0. The number of anilines is 1. The lowest BCUT2D eigenvalue weighted by Gasteiger charge is -2.33. The average molecular weight is 484 g/mol. The number of aromatic nitrogens is 2. The van der Waals surface area contributed by atoms with E-state index < -0.39 is 47.1 Å². The van der Waals surface area contributed by atoms with Gasteiger partial charge in [-0.15, -0.1) is 0 Å². The molecule has 2 atom stereocenters. The molecule has 0 saturated carbocycles. The fraction of sp³-hybridized carbons (Fsp3) is 0.409. The van der Waals surface area contributed by atoms with Gasteiger partial charge in [0, 0.05) is 37.4 Å². The van der Waals surface area contributed by atoms with Crippen LogP contribution in [0.2, 0.25) is 0 Å². The molecule has 0 radical (unpaired) electrons. The van der Waals surface area contributed by atoms with Gasteiger partial charge in [-0.2, -0.15) is 18.3 Å². The Hall–Kier alpha value is -2.96. The lowest BCUT2D eigenvalue weighted by Crippen LogP contribution is -2.36. The van der Waals surface area contributed by atoms with Crippen LogP contribution in [0.1, 0.15) is 30.2 Å². The summed E-state index contributed by atoms with van der Waals surface area (Å²) in [6, 6.07) is 5.61. The topological polar surface area (TPSA) is 89.1 Å². The molecule has 0 aliphatic carbocycles. The molecule has 2 unspecified atom stereocenters. The molecule has 5 rings (SSSR count). The van der Waals surface area contributed by atoms with E-state index >= 15 is 0 Å². The number of fused-ring (bicyclic) bond motifs is 1. The minimum absolute atomic E-state index is 0.227. The van der Waals surface area contributed by atoms with E-state index in [9.17, 15) is 27.1 Å². The molecule has 2 aliphatic heterocycles. The smallest absolute Gasteiger partial charge is 0.419 e. The SMILES string of the molecule is CN(c1ccc2c(c1)c(C1OC1N)nn2-c1cc(C(F)(F)F)c(F)c(O)c1F)C1CCOCC1. The van der Waals surface area contributed by atoms with Crippen LogP contribution >= 0.6 is 0 Å². The van der Waals surface area contributed by atoms with Gasteiger partial charge in [-0.25, -0.2) is 13.5 Å². The minimum Gasteiger partial charge on any atom is -0.503 e. The maximum atomic E-state index is 14.8. The zero-order valence-corrected chi connectivity index (χ0v) is 17.9. The summed E-state index contributed by atoms with van der Waals surface area (Å²) < 4.78 is 80.4.